The quantitative estimate of drug-likeness (QED) is 0.0362. The van der Waals surface area contributed by atoms with Gasteiger partial charge in [-0.05, 0) is 110 Å². The first-order valence-electron chi connectivity index (χ1n) is 22.2. The predicted molar refractivity (Wildman–Crippen MR) is 241 cm³/mol. The van der Waals surface area contributed by atoms with E-state index in [-0.39, 0.29) is 56.5 Å². The number of rotatable bonds is 21. The van der Waals surface area contributed by atoms with Gasteiger partial charge in [-0.15, -0.1) is 6.58 Å². The first-order valence-corrected chi connectivity index (χ1v) is 22.2. The second kappa shape index (κ2) is 21.3. The molecule has 0 saturated heterocycles. The number of nitriles is 1. The molecule has 0 bridgehead atoms. The minimum Gasteiger partial charge on any atom is -0.459 e. The van der Waals surface area contributed by atoms with Crippen LogP contribution in [0.3, 0.4) is 0 Å². The molecule has 11 nitrogen and oxygen atoms in total. The van der Waals surface area contributed by atoms with Gasteiger partial charge in [0.25, 0.3) is 5.91 Å². The lowest BCUT2D eigenvalue weighted by Gasteiger charge is -2.60. The van der Waals surface area contributed by atoms with Gasteiger partial charge in [-0.1, -0.05) is 79.5 Å². The molecule has 1 amide bonds. The summed E-state index contributed by atoms with van der Waals surface area (Å²) >= 11 is 0. The van der Waals surface area contributed by atoms with Crippen molar-refractivity contribution in [3.8, 4) is 23.3 Å². The number of carbonyl (C=O) groups is 2. The van der Waals surface area contributed by atoms with E-state index in [0.717, 1.165) is 48.7 Å². The van der Waals surface area contributed by atoms with Crippen LogP contribution in [0, 0.1) is 29.1 Å². The number of aldehydes is 1. The lowest BCUT2D eigenvalue weighted by Crippen LogP contribution is -2.70. The van der Waals surface area contributed by atoms with Gasteiger partial charge in [-0.3, -0.25) is 9.59 Å². The average molecular weight is 852 g/mol. The summed E-state index contributed by atoms with van der Waals surface area (Å²) < 4.78 is 20.9. The average Bonchev–Trinajstić information content (AvgIpc) is 3.31. The highest BCUT2D eigenvalue weighted by Crippen LogP contribution is 2.62. The van der Waals surface area contributed by atoms with E-state index in [2.05, 4.69) is 18.7 Å². The zero-order valence-electron chi connectivity index (χ0n) is 35.9. The van der Waals surface area contributed by atoms with Crippen LogP contribution in [-0.4, -0.2) is 71.2 Å². The number of aliphatic hydroxyl groups is 2. The minimum absolute atomic E-state index is 0.0195. The molecule has 4 aromatic carbocycles. The molecule has 0 radical (unpaired) electrons. The van der Waals surface area contributed by atoms with Crippen molar-refractivity contribution in [1.29, 1.82) is 5.26 Å². The molecule has 328 valence electrons. The first kappa shape index (κ1) is 45.0. The lowest BCUT2D eigenvalue weighted by atomic mass is 9.55. The number of hydrogen-bond acceptors (Lipinski definition) is 10. The Morgan fingerprint density at radius 2 is 1.73 bits per heavy atom. The number of nitrogens with zero attached hydrogens (tertiary/aromatic N) is 3. The number of ether oxygens (including phenoxy) is 3. The molecule has 1 heterocycles. The molecular weight excluding hydrogens is 795 g/mol. The monoisotopic (exact) mass is 851 g/mol. The molecule has 4 aromatic rings. The highest BCUT2D eigenvalue weighted by atomic mass is 16.7. The van der Waals surface area contributed by atoms with Crippen LogP contribution in [0.2, 0.25) is 0 Å². The fourth-order valence-electron chi connectivity index (χ4n) is 9.75. The molecule has 2 N–H and O–H groups in total. The van der Waals surface area contributed by atoms with E-state index in [1.807, 2.05) is 66.4 Å². The highest BCUT2D eigenvalue weighted by Gasteiger charge is 2.65. The van der Waals surface area contributed by atoms with Crippen molar-refractivity contribution in [2.45, 2.75) is 82.6 Å². The summed E-state index contributed by atoms with van der Waals surface area (Å²) in [4.78, 5) is 34.7. The van der Waals surface area contributed by atoms with E-state index in [9.17, 15) is 25.1 Å². The number of unbranched alkanes of at least 4 members (excludes halogenated alkanes) is 2. The molecule has 11 heteroatoms. The van der Waals surface area contributed by atoms with Crippen molar-refractivity contribution >= 4 is 17.9 Å². The van der Waals surface area contributed by atoms with Crippen LogP contribution < -0.4 is 9.47 Å². The SMILES string of the molecule is C=CCOC12Oc3ccc(Oc4cccc(C=O)c4)cc3C3C(CCCCO)C(CCCCO)C=C(C(=NOCc4ccccc4)CC1N(CCC)C(=O)c1ccc(C#N)cc1)C32. The number of amides is 1. The number of aliphatic hydroxyl groups excluding tert-OH is 2. The van der Waals surface area contributed by atoms with Gasteiger partial charge in [0, 0.05) is 48.8 Å². The third-order valence-corrected chi connectivity index (χ3v) is 12.5. The van der Waals surface area contributed by atoms with Crippen LogP contribution in [0.4, 0.5) is 0 Å². The fraction of sp³-hybridized carbons (Fsp3) is 0.385. The Labute approximate surface area is 370 Å². The molecule has 63 heavy (non-hydrogen) atoms. The van der Waals surface area contributed by atoms with Crippen LogP contribution in [0.25, 0.3) is 0 Å². The van der Waals surface area contributed by atoms with Crippen molar-refractivity contribution < 1.29 is 38.9 Å². The second-order valence-electron chi connectivity index (χ2n) is 16.5. The summed E-state index contributed by atoms with van der Waals surface area (Å²) in [6, 6.07) is 30.8. The number of allylic oxidation sites excluding steroid dienone is 1. The van der Waals surface area contributed by atoms with Gasteiger partial charge in [0.05, 0.1) is 29.9 Å². The molecule has 6 atom stereocenters. The standard InChI is InChI=1S/C52H57N3O8/c1-3-25-55(51(59)39-21-19-36(33-53)20-22-39)48-32-46(54-61-35-37-13-6-5-7-14-37)44-30-40(16-8-10-26-56)43(18-9-11-27-57)49-45-31-42(62-41-17-12-15-38(29-41)34-58)23-24-47(45)63-52(48,50(44)49)60-28-4-2/h4-7,12-15,17,19-24,29-31,34,40,43,48-50,56-57H,2-3,8-11,16,18,25-28,32,35H2,1H3. The minimum atomic E-state index is -1.43. The van der Waals surface area contributed by atoms with Crippen LogP contribution >= 0.6 is 0 Å². The molecule has 1 fully saturated rings. The Bertz CT molecular complexity index is 2300. The summed E-state index contributed by atoms with van der Waals surface area (Å²) in [5, 5.41) is 34.4. The molecule has 7 rings (SSSR count). The van der Waals surface area contributed by atoms with Crippen molar-refractivity contribution in [2.75, 3.05) is 26.4 Å². The van der Waals surface area contributed by atoms with Crippen LogP contribution in [-0.2, 0) is 16.2 Å². The predicted octanol–water partition coefficient (Wildman–Crippen LogP) is 9.55. The zero-order valence-corrected chi connectivity index (χ0v) is 35.9. The molecule has 0 spiro atoms. The van der Waals surface area contributed by atoms with E-state index in [1.165, 1.54) is 0 Å². The van der Waals surface area contributed by atoms with Crippen molar-refractivity contribution in [2.24, 2.45) is 22.9 Å². The van der Waals surface area contributed by atoms with Crippen LogP contribution in [0.1, 0.15) is 102 Å². The third kappa shape index (κ3) is 9.94. The van der Waals surface area contributed by atoms with Gasteiger partial charge in [0.2, 0.25) is 5.79 Å². The lowest BCUT2D eigenvalue weighted by molar-refractivity contribution is -0.254. The number of benzene rings is 4. The largest absolute Gasteiger partial charge is 0.459 e. The Kier molecular flexibility index (Phi) is 15.2. The van der Waals surface area contributed by atoms with Gasteiger partial charge < -0.3 is 34.2 Å². The normalized spacial score (nSPS) is 22.7. The Morgan fingerprint density at radius 1 is 0.968 bits per heavy atom. The smallest absolute Gasteiger partial charge is 0.254 e. The maximum atomic E-state index is 15.0. The molecule has 2 aliphatic carbocycles. The van der Waals surface area contributed by atoms with Crippen molar-refractivity contribution in [3.63, 3.8) is 0 Å². The Morgan fingerprint density at radius 3 is 2.44 bits per heavy atom. The molecule has 1 saturated carbocycles. The number of fused-ring (bicyclic) bond motifs is 2. The van der Waals surface area contributed by atoms with Gasteiger partial charge >= 0.3 is 0 Å². The van der Waals surface area contributed by atoms with Crippen LogP contribution in [0.15, 0.2) is 127 Å². The topological polar surface area (TPSA) is 151 Å². The Hall–Kier alpha value is -6.06. The van der Waals surface area contributed by atoms with Crippen molar-refractivity contribution in [3.05, 3.63) is 149 Å². The summed E-state index contributed by atoms with van der Waals surface area (Å²) in [6.07, 6.45) is 10.2. The molecule has 3 aliphatic rings. The summed E-state index contributed by atoms with van der Waals surface area (Å²) in [5.74, 6) is -0.659. The zero-order chi connectivity index (χ0) is 44.2. The van der Waals surface area contributed by atoms with Gasteiger partial charge in [-0.25, -0.2) is 0 Å². The summed E-state index contributed by atoms with van der Waals surface area (Å²) in [5.41, 5.74) is 4.89. The van der Waals surface area contributed by atoms with Crippen LogP contribution in [0.5, 0.6) is 17.2 Å². The number of carbonyl (C=O) groups excluding carboxylic acids is 2. The van der Waals surface area contributed by atoms with Gasteiger partial charge in [0.15, 0.2) is 0 Å². The summed E-state index contributed by atoms with van der Waals surface area (Å²) in [6.45, 7) is 6.99. The highest BCUT2D eigenvalue weighted by molar-refractivity contribution is 6.03. The molecule has 1 aliphatic heterocycles. The Balaban J connectivity index is 1.45. The number of oxime groups is 1. The van der Waals surface area contributed by atoms with E-state index in [1.54, 1.807) is 48.5 Å². The molecular formula is C52H57N3O8. The molecule has 0 aromatic heterocycles. The first-order chi connectivity index (χ1) is 30.9. The fourth-order valence-corrected chi connectivity index (χ4v) is 9.75. The third-order valence-electron chi connectivity index (χ3n) is 12.5. The van der Waals surface area contributed by atoms with Crippen molar-refractivity contribution in [1.82, 2.24) is 4.90 Å². The maximum Gasteiger partial charge on any atom is 0.254 e. The summed E-state index contributed by atoms with van der Waals surface area (Å²) in [7, 11) is 0. The second-order valence-corrected chi connectivity index (χ2v) is 16.5. The van der Waals surface area contributed by atoms with E-state index < -0.39 is 17.7 Å². The van der Waals surface area contributed by atoms with E-state index >= 15 is 0 Å². The number of hydrogen-bond donors (Lipinski definition) is 2. The van der Waals surface area contributed by atoms with Gasteiger partial charge in [0.1, 0.15) is 36.2 Å². The molecule has 6 unspecified atom stereocenters. The van der Waals surface area contributed by atoms with E-state index in [4.69, 9.17) is 24.2 Å². The van der Waals surface area contributed by atoms with E-state index in [0.29, 0.717) is 65.5 Å². The maximum absolute atomic E-state index is 15.0. The van der Waals surface area contributed by atoms with Gasteiger partial charge in [-0.2, -0.15) is 5.26 Å².